The minimum absolute atomic E-state index is 0.0171. The maximum absolute atomic E-state index is 12.9. The van der Waals surface area contributed by atoms with Crippen LogP contribution in [0.1, 0.15) is 29.0 Å². The molecule has 5 rings (SSSR count). The normalized spacial score (nSPS) is 14.3. The van der Waals surface area contributed by atoms with Crippen molar-refractivity contribution >= 4 is 33.2 Å². The first-order valence-electron chi connectivity index (χ1n) is 9.04. The van der Waals surface area contributed by atoms with Gasteiger partial charge in [0.2, 0.25) is 5.78 Å². The molecule has 4 aromatic rings. The van der Waals surface area contributed by atoms with Crippen molar-refractivity contribution in [2.24, 2.45) is 0 Å². The van der Waals surface area contributed by atoms with Gasteiger partial charge in [0.25, 0.3) is 0 Å². The summed E-state index contributed by atoms with van der Waals surface area (Å²) in [6.45, 7) is 2.02. The molecule has 0 saturated carbocycles. The smallest absolute Gasteiger partial charge is 0.347 e. The van der Waals surface area contributed by atoms with E-state index in [0.717, 1.165) is 29.5 Å². The molecule has 0 amide bonds. The van der Waals surface area contributed by atoms with E-state index in [9.17, 15) is 9.59 Å². The Kier molecular flexibility index (Phi) is 3.60. The number of ketones is 1. The van der Waals surface area contributed by atoms with Gasteiger partial charge >= 0.3 is 5.63 Å². The molecule has 0 unspecified atom stereocenters. The summed E-state index contributed by atoms with van der Waals surface area (Å²) < 4.78 is 10.9. The minimum Gasteiger partial charge on any atom is -0.460 e. The molecule has 134 valence electrons. The van der Waals surface area contributed by atoms with Gasteiger partial charge in [0.15, 0.2) is 5.76 Å². The topological polar surface area (TPSA) is 63.7 Å². The standard InChI is InChI=1S/C22H17NO4/c24-20(21-17-6-2-1-5-15(17)13-26-21)18-11-14-7-8-16(23-9-3-4-10-23)12-19(14)27-22(18)25/h1-2,5-8,11-13H,3-4,9-10H2. The van der Waals surface area contributed by atoms with Crippen molar-refractivity contribution in [3.63, 3.8) is 0 Å². The van der Waals surface area contributed by atoms with Crippen molar-refractivity contribution < 1.29 is 13.6 Å². The first-order chi connectivity index (χ1) is 13.2. The van der Waals surface area contributed by atoms with Gasteiger partial charge in [-0.3, -0.25) is 4.79 Å². The van der Waals surface area contributed by atoms with Crippen molar-refractivity contribution in [3.8, 4) is 0 Å². The van der Waals surface area contributed by atoms with Crippen LogP contribution in [0.2, 0.25) is 0 Å². The van der Waals surface area contributed by atoms with Crippen LogP contribution < -0.4 is 10.5 Å². The lowest BCUT2D eigenvalue weighted by atomic mass is 10.1. The van der Waals surface area contributed by atoms with Crippen LogP contribution in [0.4, 0.5) is 5.69 Å². The molecule has 1 saturated heterocycles. The first-order valence-corrected chi connectivity index (χ1v) is 9.04. The Balaban J connectivity index is 1.59. The summed E-state index contributed by atoms with van der Waals surface area (Å²) in [5, 5.41) is 2.23. The fourth-order valence-electron chi connectivity index (χ4n) is 3.72. The van der Waals surface area contributed by atoms with Gasteiger partial charge in [-0.15, -0.1) is 0 Å². The van der Waals surface area contributed by atoms with E-state index < -0.39 is 11.4 Å². The molecule has 27 heavy (non-hydrogen) atoms. The summed E-state index contributed by atoms with van der Waals surface area (Å²) in [7, 11) is 0. The minimum atomic E-state index is -0.647. The second-order valence-electron chi connectivity index (χ2n) is 6.85. The van der Waals surface area contributed by atoms with Gasteiger partial charge in [-0.25, -0.2) is 4.79 Å². The fourth-order valence-corrected chi connectivity index (χ4v) is 3.72. The molecule has 0 radical (unpaired) electrons. The summed E-state index contributed by atoms with van der Waals surface area (Å²) in [6.07, 6.45) is 3.87. The number of nitrogens with zero attached hydrogens (tertiary/aromatic N) is 1. The quantitative estimate of drug-likeness (QED) is 0.401. The molecule has 5 heteroatoms. The number of anilines is 1. The zero-order chi connectivity index (χ0) is 18.4. The van der Waals surface area contributed by atoms with Crippen LogP contribution >= 0.6 is 0 Å². The van der Waals surface area contributed by atoms with E-state index in [1.54, 1.807) is 12.1 Å². The van der Waals surface area contributed by atoms with Gasteiger partial charge in [-0.2, -0.15) is 0 Å². The number of hydrogen-bond acceptors (Lipinski definition) is 5. The molecule has 0 N–H and O–H groups in total. The van der Waals surface area contributed by atoms with Crippen molar-refractivity contribution in [3.05, 3.63) is 76.5 Å². The number of benzene rings is 2. The fraction of sp³-hybridized carbons (Fsp3) is 0.182. The number of furan rings is 1. The van der Waals surface area contributed by atoms with Gasteiger partial charge in [0.05, 0.1) is 6.26 Å². The number of hydrogen-bond donors (Lipinski definition) is 0. The van der Waals surface area contributed by atoms with Crippen LogP contribution in [-0.2, 0) is 0 Å². The predicted octanol–water partition coefficient (Wildman–Crippen LogP) is 4.37. The molecule has 2 aromatic carbocycles. The van der Waals surface area contributed by atoms with E-state index in [-0.39, 0.29) is 11.3 Å². The van der Waals surface area contributed by atoms with E-state index in [0.29, 0.717) is 11.0 Å². The van der Waals surface area contributed by atoms with E-state index in [1.807, 2.05) is 36.4 Å². The SMILES string of the molecule is O=C(c1cc2ccc(N3CCCC3)cc2oc1=O)c1occ2ccccc12. The predicted molar refractivity (Wildman–Crippen MR) is 104 cm³/mol. The number of carbonyl (C=O) groups excluding carboxylic acids is 1. The van der Waals surface area contributed by atoms with Gasteiger partial charge in [0.1, 0.15) is 11.1 Å². The maximum Gasteiger partial charge on any atom is 0.347 e. The number of carbonyl (C=O) groups is 1. The molecular weight excluding hydrogens is 342 g/mol. The van der Waals surface area contributed by atoms with Crippen LogP contribution in [0, 0.1) is 0 Å². The van der Waals surface area contributed by atoms with Crippen molar-refractivity contribution in [2.45, 2.75) is 12.8 Å². The molecule has 0 bridgehead atoms. The summed E-state index contributed by atoms with van der Waals surface area (Å²) in [6, 6.07) is 14.7. The third-order valence-corrected chi connectivity index (χ3v) is 5.15. The monoisotopic (exact) mass is 359 g/mol. The summed E-state index contributed by atoms with van der Waals surface area (Å²) >= 11 is 0. The van der Waals surface area contributed by atoms with E-state index in [4.69, 9.17) is 8.83 Å². The van der Waals surface area contributed by atoms with Crippen LogP contribution in [0.25, 0.3) is 21.7 Å². The van der Waals surface area contributed by atoms with Gasteiger partial charge in [0, 0.05) is 41.0 Å². The Morgan fingerprint density at radius 3 is 2.63 bits per heavy atom. The highest BCUT2D eigenvalue weighted by Gasteiger charge is 2.22. The Hall–Kier alpha value is -3.34. The molecule has 0 aliphatic carbocycles. The Bertz CT molecular complexity index is 1230. The van der Waals surface area contributed by atoms with Crippen molar-refractivity contribution in [1.29, 1.82) is 0 Å². The number of rotatable bonds is 3. The van der Waals surface area contributed by atoms with Gasteiger partial charge < -0.3 is 13.7 Å². The van der Waals surface area contributed by atoms with E-state index in [2.05, 4.69) is 4.90 Å². The average molecular weight is 359 g/mol. The first kappa shape index (κ1) is 15.9. The van der Waals surface area contributed by atoms with Crippen LogP contribution in [-0.4, -0.2) is 18.9 Å². The van der Waals surface area contributed by atoms with E-state index >= 15 is 0 Å². The van der Waals surface area contributed by atoms with Gasteiger partial charge in [-0.05, 0) is 31.0 Å². The molecule has 0 atom stereocenters. The van der Waals surface area contributed by atoms with E-state index in [1.165, 1.54) is 19.1 Å². The molecule has 1 aliphatic rings. The summed E-state index contributed by atoms with van der Waals surface area (Å²) in [5.41, 5.74) is 0.868. The van der Waals surface area contributed by atoms with Crippen molar-refractivity contribution in [2.75, 3.05) is 18.0 Å². The van der Waals surface area contributed by atoms with Crippen LogP contribution in [0.5, 0.6) is 0 Å². The van der Waals surface area contributed by atoms with Crippen molar-refractivity contribution in [1.82, 2.24) is 0 Å². The molecule has 1 aliphatic heterocycles. The molecule has 2 aromatic heterocycles. The lowest BCUT2D eigenvalue weighted by molar-refractivity contribution is 0.101. The molecule has 5 nitrogen and oxygen atoms in total. The Labute approximate surface area is 154 Å². The third kappa shape index (κ3) is 2.63. The van der Waals surface area contributed by atoms with Gasteiger partial charge in [-0.1, -0.05) is 24.3 Å². The summed E-state index contributed by atoms with van der Waals surface area (Å²) in [4.78, 5) is 27.7. The molecule has 0 spiro atoms. The third-order valence-electron chi connectivity index (χ3n) is 5.15. The van der Waals surface area contributed by atoms with Crippen LogP contribution in [0.15, 0.2) is 68.4 Å². The lowest BCUT2D eigenvalue weighted by Gasteiger charge is -2.17. The highest BCUT2D eigenvalue weighted by Crippen LogP contribution is 2.27. The zero-order valence-corrected chi connectivity index (χ0v) is 14.6. The average Bonchev–Trinajstić information content (AvgIpc) is 3.36. The maximum atomic E-state index is 12.9. The highest BCUT2D eigenvalue weighted by atomic mass is 16.4. The largest absolute Gasteiger partial charge is 0.460 e. The molecule has 3 heterocycles. The molecular formula is C22H17NO4. The lowest BCUT2D eigenvalue weighted by Crippen LogP contribution is -2.18. The molecule has 1 fully saturated rings. The summed E-state index contributed by atoms with van der Waals surface area (Å²) in [5.74, 6) is -0.304. The zero-order valence-electron chi connectivity index (χ0n) is 14.6. The highest BCUT2D eigenvalue weighted by molar-refractivity contribution is 6.15. The number of fused-ring (bicyclic) bond motifs is 2. The Morgan fingerprint density at radius 1 is 0.963 bits per heavy atom. The second-order valence-corrected chi connectivity index (χ2v) is 6.85. The van der Waals surface area contributed by atoms with Crippen LogP contribution in [0.3, 0.4) is 0 Å². The second kappa shape index (κ2) is 6.13. The Morgan fingerprint density at radius 2 is 1.78 bits per heavy atom.